The number of halogens is 3. The van der Waals surface area contributed by atoms with Crippen LogP contribution in [0.2, 0.25) is 0 Å². The molecule has 0 saturated carbocycles. The molecule has 100 valence electrons. The highest BCUT2D eigenvalue weighted by Gasteiger charge is 2.29. The molecule has 0 saturated heterocycles. The number of anilines is 1. The van der Waals surface area contributed by atoms with Crippen molar-refractivity contribution >= 4 is 5.95 Å². The van der Waals surface area contributed by atoms with Gasteiger partial charge in [0.15, 0.2) is 0 Å². The molecule has 1 aromatic heterocycles. The molecular formula is C13H12F3N3. The Bertz CT molecular complexity index is 550. The van der Waals surface area contributed by atoms with Crippen LogP contribution in [0.3, 0.4) is 0 Å². The van der Waals surface area contributed by atoms with Gasteiger partial charge in [-0.2, -0.15) is 13.2 Å². The van der Waals surface area contributed by atoms with Gasteiger partial charge < -0.3 is 5.32 Å². The Hall–Kier alpha value is -2.11. The zero-order valence-corrected chi connectivity index (χ0v) is 10.2. The van der Waals surface area contributed by atoms with Gasteiger partial charge in [0.1, 0.15) is 0 Å². The van der Waals surface area contributed by atoms with Crippen molar-refractivity contribution in [1.82, 2.24) is 9.97 Å². The molecule has 0 amide bonds. The highest BCUT2D eigenvalue weighted by molar-refractivity contribution is 5.60. The summed E-state index contributed by atoms with van der Waals surface area (Å²) in [7, 11) is 0. The normalized spacial score (nSPS) is 11.4. The Morgan fingerprint density at radius 1 is 1.11 bits per heavy atom. The summed E-state index contributed by atoms with van der Waals surface area (Å²) in [6.45, 7) is 2.59. The molecule has 0 bridgehead atoms. The summed E-state index contributed by atoms with van der Waals surface area (Å²) in [6.07, 6.45) is -2.75. The lowest BCUT2D eigenvalue weighted by molar-refractivity contribution is -0.137. The standard InChI is InChI=1S/C13H12F3N3/c1-2-17-12-18-8-7-11(19-12)9-3-5-10(6-4-9)13(14,15)16/h3-8H,2H2,1H3,(H,17,18,19). The maximum atomic E-state index is 12.5. The summed E-state index contributed by atoms with van der Waals surface area (Å²) in [4.78, 5) is 8.23. The first-order chi connectivity index (χ1) is 9.00. The Balaban J connectivity index is 2.29. The van der Waals surface area contributed by atoms with Crippen LogP contribution in [-0.2, 0) is 6.18 Å². The van der Waals surface area contributed by atoms with E-state index in [1.807, 2.05) is 6.92 Å². The lowest BCUT2D eigenvalue weighted by Gasteiger charge is -2.08. The summed E-state index contributed by atoms with van der Waals surface area (Å²) in [5.41, 5.74) is 0.534. The molecule has 0 spiro atoms. The maximum absolute atomic E-state index is 12.5. The minimum absolute atomic E-state index is 0.458. The van der Waals surface area contributed by atoms with Gasteiger partial charge in [-0.1, -0.05) is 12.1 Å². The number of nitrogens with one attached hydrogen (secondary N) is 1. The largest absolute Gasteiger partial charge is 0.416 e. The predicted molar refractivity (Wildman–Crippen MR) is 66.6 cm³/mol. The van der Waals surface area contributed by atoms with Crippen LogP contribution in [0.5, 0.6) is 0 Å². The third-order valence-corrected chi connectivity index (χ3v) is 2.50. The second-order valence-electron chi connectivity index (χ2n) is 3.87. The monoisotopic (exact) mass is 267 g/mol. The lowest BCUT2D eigenvalue weighted by Crippen LogP contribution is -2.04. The Morgan fingerprint density at radius 2 is 1.79 bits per heavy atom. The number of rotatable bonds is 3. The zero-order chi connectivity index (χ0) is 13.9. The van der Waals surface area contributed by atoms with Crippen molar-refractivity contribution in [3.8, 4) is 11.3 Å². The molecule has 6 heteroatoms. The molecule has 1 aromatic carbocycles. The smallest absolute Gasteiger partial charge is 0.354 e. The first kappa shape index (κ1) is 13.3. The molecule has 0 unspecified atom stereocenters. The molecule has 2 rings (SSSR count). The molecule has 3 nitrogen and oxygen atoms in total. The first-order valence-corrected chi connectivity index (χ1v) is 5.75. The van der Waals surface area contributed by atoms with Crippen LogP contribution < -0.4 is 5.32 Å². The van der Waals surface area contributed by atoms with Crippen LogP contribution in [0.1, 0.15) is 12.5 Å². The number of hydrogen-bond acceptors (Lipinski definition) is 3. The van der Waals surface area contributed by atoms with Gasteiger partial charge in [0, 0.05) is 18.3 Å². The Kier molecular flexibility index (Phi) is 3.69. The zero-order valence-electron chi connectivity index (χ0n) is 10.2. The van der Waals surface area contributed by atoms with Gasteiger partial charge in [0.05, 0.1) is 11.3 Å². The van der Waals surface area contributed by atoms with E-state index in [2.05, 4.69) is 15.3 Å². The summed E-state index contributed by atoms with van der Waals surface area (Å²) >= 11 is 0. The number of alkyl halides is 3. The minimum Gasteiger partial charge on any atom is -0.354 e. The SMILES string of the molecule is CCNc1nccc(-c2ccc(C(F)(F)F)cc2)n1. The quantitative estimate of drug-likeness (QED) is 0.923. The third kappa shape index (κ3) is 3.21. The van der Waals surface area contributed by atoms with E-state index < -0.39 is 11.7 Å². The summed E-state index contributed by atoms with van der Waals surface area (Å²) < 4.78 is 37.4. The van der Waals surface area contributed by atoms with Crippen LogP contribution in [0.4, 0.5) is 19.1 Å². The van der Waals surface area contributed by atoms with Crippen LogP contribution in [-0.4, -0.2) is 16.5 Å². The molecule has 1 heterocycles. The van der Waals surface area contributed by atoms with Crippen molar-refractivity contribution in [2.75, 3.05) is 11.9 Å². The van der Waals surface area contributed by atoms with Crippen molar-refractivity contribution in [3.63, 3.8) is 0 Å². The van der Waals surface area contributed by atoms with Gasteiger partial charge in [-0.3, -0.25) is 0 Å². The Labute approximate surface area is 108 Å². The van der Waals surface area contributed by atoms with Crippen LogP contribution in [0, 0.1) is 0 Å². The molecular weight excluding hydrogens is 255 g/mol. The topological polar surface area (TPSA) is 37.8 Å². The van der Waals surface area contributed by atoms with Gasteiger partial charge in [-0.15, -0.1) is 0 Å². The fraction of sp³-hybridized carbons (Fsp3) is 0.231. The molecule has 2 aromatic rings. The van der Waals surface area contributed by atoms with E-state index in [-0.39, 0.29) is 0 Å². The fourth-order valence-corrected chi connectivity index (χ4v) is 1.59. The molecule has 19 heavy (non-hydrogen) atoms. The van der Waals surface area contributed by atoms with Crippen molar-refractivity contribution in [2.45, 2.75) is 13.1 Å². The van der Waals surface area contributed by atoms with E-state index in [9.17, 15) is 13.2 Å². The van der Waals surface area contributed by atoms with E-state index in [4.69, 9.17) is 0 Å². The molecule has 0 aliphatic heterocycles. The fourth-order valence-electron chi connectivity index (χ4n) is 1.59. The summed E-state index contributed by atoms with van der Waals surface area (Å²) in [5, 5.41) is 2.95. The number of aromatic nitrogens is 2. The first-order valence-electron chi connectivity index (χ1n) is 5.75. The average Bonchev–Trinajstić information content (AvgIpc) is 2.39. The van der Waals surface area contributed by atoms with E-state index in [1.54, 1.807) is 12.3 Å². The van der Waals surface area contributed by atoms with Gasteiger partial charge in [-0.05, 0) is 25.1 Å². The molecule has 0 fully saturated rings. The van der Waals surface area contributed by atoms with Gasteiger partial charge in [0.2, 0.25) is 5.95 Å². The predicted octanol–water partition coefficient (Wildman–Crippen LogP) is 3.59. The van der Waals surface area contributed by atoms with E-state index in [0.29, 0.717) is 23.8 Å². The van der Waals surface area contributed by atoms with Crippen LogP contribution >= 0.6 is 0 Å². The van der Waals surface area contributed by atoms with Crippen LogP contribution in [0.25, 0.3) is 11.3 Å². The number of hydrogen-bond donors (Lipinski definition) is 1. The molecule has 1 N–H and O–H groups in total. The highest BCUT2D eigenvalue weighted by Crippen LogP contribution is 2.30. The molecule has 0 aliphatic rings. The molecule has 0 radical (unpaired) electrons. The highest BCUT2D eigenvalue weighted by atomic mass is 19.4. The van der Waals surface area contributed by atoms with E-state index >= 15 is 0 Å². The third-order valence-electron chi connectivity index (χ3n) is 2.50. The van der Waals surface area contributed by atoms with Crippen molar-refractivity contribution < 1.29 is 13.2 Å². The van der Waals surface area contributed by atoms with Crippen molar-refractivity contribution in [1.29, 1.82) is 0 Å². The Morgan fingerprint density at radius 3 is 2.37 bits per heavy atom. The van der Waals surface area contributed by atoms with Crippen LogP contribution in [0.15, 0.2) is 36.5 Å². The number of benzene rings is 1. The van der Waals surface area contributed by atoms with E-state index in [0.717, 1.165) is 12.1 Å². The van der Waals surface area contributed by atoms with Gasteiger partial charge in [-0.25, -0.2) is 9.97 Å². The minimum atomic E-state index is -4.32. The number of nitrogens with zero attached hydrogens (tertiary/aromatic N) is 2. The van der Waals surface area contributed by atoms with Gasteiger partial charge in [0.25, 0.3) is 0 Å². The lowest BCUT2D eigenvalue weighted by atomic mass is 10.1. The second kappa shape index (κ2) is 5.26. The van der Waals surface area contributed by atoms with E-state index in [1.165, 1.54) is 12.1 Å². The second-order valence-corrected chi connectivity index (χ2v) is 3.87. The van der Waals surface area contributed by atoms with Gasteiger partial charge >= 0.3 is 6.18 Å². The van der Waals surface area contributed by atoms with Crippen molar-refractivity contribution in [2.24, 2.45) is 0 Å². The molecule has 0 atom stereocenters. The average molecular weight is 267 g/mol. The summed E-state index contributed by atoms with van der Waals surface area (Å²) in [6, 6.07) is 6.56. The maximum Gasteiger partial charge on any atom is 0.416 e. The molecule has 0 aliphatic carbocycles. The van der Waals surface area contributed by atoms with Crippen molar-refractivity contribution in [3.05, 3.63) is 42.1 Å². The summed E-state index contributed by atoms with van der Waals surface area (Å²) in [5.74, 6) is 0.458.